The van der Waals surface area contributed by atoms with Crippen LogP contribution >= 0.6 is 0 Å². The fourth-order valence-corrected chi connectivity index (χ4v) is 5.16. The molecule has 1 saturated carbocycles. The van der Waals surface area contributed by atoms with Gasteiger partial charge in [0.15, 0.2) is 0 Å². The number of anilines is 1. The minimum atomic E-state index is -0.680. The Morgan fingerprint density at radius 3 is 2.30 bits per heavy atom. The Balaban J connectivity index is 1.55. The largest absolute Gasteiger partial charge is 0.347 e. The van der Waals surface area contributed by atoms with Crippen molar-refractivity contribution in [3.8, 4) is 0 Å². The third-order valence-corrected chi connectivity index (χ3v) is 7.01. The van der Waals surface area contributed by atoms with E-state index in [0.29, 0.717) is 32.6 Å². The van der Waals surface area contributed by atoms with Gasteiger partial charge in [0.2, 0.25) is 11.8 Å². The molecule has 1 aliphatic carbocycles. The molecule has 1 spiro atoms. The summed E-state index contributed by atoms with van der Waals surface area (Å²) in [5, 5.41) is 0. The van der Waals surface area contributed by atoms with Crippen molar-refractivity contribution in [1.82, 2.24) is 14.7 Å². The highest BCUT2D eigenvalue weighted by Crippen LogP contribution is 2.40. The van der Waals surface area contributed by atoms with E-state index in [1.54, 1.807) is 19.0 Å². The van der Waals surface area contributed by atoms with Gasteiger partial charge in [0.25, 0.3) is 5.91 Å². The van der Waals surface area contributed by atoms with Gasteiger partial charge in [-0.2, -0.15) is 0 Å². The van der Waals surface area contributed by atoms with Gasteiger partial charge in [0.05, 0.1) is 6.67 Å². The predicted molar refractivity (Wildman–Crippen MR) is 115 cm³/mol. The van der Waals surface area contributed by atoms with Crippen molar-refractivity contribution in [2.24, 2.45) is 5.92 Å². The van der Waals surface area contributed by atoms with Crippen LogP contribution in [0.1, 0.15) is 38.5 Å². The maximum atomic E-state index is 13.6. The number of likely N-dealkylation sites (N-methyl/N-ethyl adjacent to an activating group) is 1. The summed E-state index contributed by atoms with van der Waals surface area (Å²) in [5.74, 6) is 0.355. The number of piperidine rings is 1. The number of para-hydroxylation sites is 1. The Morgan fingerprint density at radius 2 is 1.70 bits per heavy atom. The number of carbonyl (C=O) groups excluding carboxylic acids is 3. The molecule has 2 saturated heterocycles. The van der Waals surface area contributed by atoms with Gasteiger partial charge >= 0.3 is 0 Å². The van der Waals surface area contributed by atoms with Crippen LogP contribution in [0.5, 0.6) is 0 Å². The number of likely N-dealkylation sites (tertiary alicyclic amines) is 1. The molecule has 7 nitrogen and oxygen atoms in total. The quantitative estimate of drug-likeness (QED) is 0.758. The summed E-state index contributed by atoms with van der Waals surface area (Å²) in [5.41, 5.74) is 0.307. The third-order valence-electron chi connectivity index (χ3n) is 7.01. The van der Waals surface area contributed by atoms with E-state index in [9.17, 15) is 14.4 Å². The van der Waals surface area contributed by atoms with Gasteiger partial charge in [-0.1, -0.05) is 31.0 Å². The van der Waals surface area contributed by atoms with Crippen LogP contribution in [-0.4, -0.2) is 78.4 Å². The fourth-order valence-electron chi connectivity index (χ4n) is 5.16. The van der Waals surface area contributed by atoms with Crippen LogP contribution in [0.2, 0.25) is 0 Å². The van der Waals surface area contributed by atoms with Gasteiger partial charge in [-0.15, -0.1) is 0 Å². The SMILES string of the molecule is CN(C)C(=O)CN1CN(c2ccccc2)C2(CCN(C(=O)C3CCCC3)CC2)C1=O. The van der Waals surface area contributed by atoms with E-state index in [1.165, 1.54) is 4.90 Å². The van der Waals surface area contributed by atoms with Crippen molar-refractivity contribution in [2.45, 2.75) is 44.1 Å². The lowest BCUT2D eigenvalue weighted by Gasteiger charge is -2.43. The smallest absolute Gasteiger partial charge is 0.250 e. The molecule has 30 heavy (non-hydrogen) atoms. The normalized spacial score (nSPS) is 21.5. The van der Waals surface area contributed by atoms with E-state index < -0.39 is 5.54 Å². The molecule has 0 radical (unpaired) electrons. The second kappa shape index (κ2) is 8.28. The highest BCUT2D eigenvalue weighted by Gasteiger charge is 2.54. The lowest BCUT2D eigenvalue weighted by Crippen LogP contribution is -2.58. The molecule has 0 unspecified atom stereocenters. The number of nitrogens with zero attached hydrogens (tertiary/aromatic N) is 4. The molecule has 162 valence electrons. The first kappa shape index (κ1) is 20.7. The Morgan fingerprint density at radius 1 is 1.07 bits per heavy atom. The lowest BCUT2D eigenvalue weighted by atomic mass is 9.85. The van der Waals surface area contributed by atoms with Crippen molar-refractivity contribution < 1.29 is 14.4 Å². The molecule has 0 N–H and O–H groups in total. The minimum Gasteiger partial charge on any atom is -0.347 e. The number of rotatable bonds is 4. The first-order valence-electron chi connectivity index (χ1n) is 11.0. The molecule has 4 rings (SSSR count). The van der Waals surface area contributed by atoms with Crippen LogP contribution < -0.4 is 4.90 Å². The maximum absolute atomic E-state index is 13.6. The van der Waals surface area contributed by atoms with E-state index in [0.717, 1.165) is 31.4 Å². The monoisotopic (exact) mass is 412 g/mol. The van der Waals surface area contributed by atoms with Crippen molar-refractivity contribution >= 4 is 23.4 Å². The summed E-state index contributed by atoms with van der Waals surface area (Å²) in [4.78, 5) is 46.1. The van der Waals surface area contributed by atoms with Gasteiger partial charge in [-0.05, 0) is 37.8 Å². The molecule has 1 aromatic carbocycles. The molecule has 2 aliphatic heterocycles. The standard InChI is InChI=1S/C23H32N4O3/c1-24(2)20(28)16-26-17-27(19-10-4-3-5-11-19)23(22(26)30)12-14-25(15-13-23)21(29)18-8-6-7-9-18/h3-5,10-11,18H,6-9,12-17H2,1-2H3. The number of amides is 3. The average molecular weight is 413 g/mol. The van der Waals surface area contributed by atoms with E-state index in [1.807, 2.05) is 35.2 Å². The Kier molecular flexibility index (Phi) is 5.71. The van der Waals surface area contributed by atoms with Crippen LogP contribution in [0, 0.1) is 5.92 Å². The predicted octanol–water partition coefficient (Wildman–Crippen LogP) is 1.93. The molecular formula is C23H32N4O3. The van der Waals surface area contributed by atoms with Gasteiger partial charge in [0, 0.05) is 38.8 Å². The molecule has 7 heteroatoms. The highest BCUT2D eigenvalue weighted by atomic mass is 16.2. The molecule has 2 heterocycles. The van der Waals surface area contributed by atoms with E-state index >= 15 is 0 Å². The van der Waals surface area contributed by atoms with Crippen LogP contribution in [0.3, 0.4) is 0 Å². The van der Waals surface area contributed by atoms with Crippen LogP contribution in [0.15, 0.2) is 30.3 Å². The zero-order chi connectivity index (χ0) is 21.3. The molecular weight excluding hydrogens is 380 g/mol. The van der Waals surface area contributed by atoms with Gasteiger partial charge in [-0.25, -0.2) is 0 Å². The first-order chi connectivity index (χ1) is 14.4. The summed E-state index contributed by atoms with van der Waals surface area (Å²) < 4.78 is 0. The van der Waals surface area contributed by atoms with Gasteiger partial charge in [0.1, 0.15) is 12.1 Å². The second-order valence-electron chi connectivity index (χ2n) is 9.03. The third kappa shape index (κ3) is 3.66. The number of benzene rings is 1. The van der Waals surface area contributed by atoms with Crippen molar-refractivity contribution in [2.75, 3.05) is 45.3 Å². The van der Waals surface area contributed by atoms with Crippen molar-refractivity contribution in [3.05, 3.63) is 30.3 Å². The van der Waals surface area contributed by atoms with E-state index in [4.69, 9.17) is 0 Å². The molecule has 0 aromatic heterocycles. The lowest BCUT2D eigenvalue weighted by molar-refractivity contribution is -0.142. The average Bonchev–Trinajstić information content (AvgIpc) is 3.38. The summed E-state index contributed by atoms with van der Waals surface area (Å²) >= 11 is 0. The summed E-state index contributed by atoms with van der Waals surface area (Å²) in [7, 11) is 3.42. The minimum absolute atomic E-state index is 0.00881. The Hall–Kier alpha value is -2.57. The Labute approximate surface area is 178 Å². The zero-order valence-corrected chi connectivity index (χ0v) is 18.0. The van der Waals surface area contributed by atoms with Crippen LogP contribution in [0.25, 0.3) is 0 Å². The summed E-state index contributed by atoms with van der Waals surface area (Å²) in [6.45, 7) is 1.68. The number of hydrogen-bond acceptors (Lipinski definition) is 4. The van der Waals surface area contributed by atoms with E-state index in [-0.39, 0.29) is 30.2 Å². The molecule has 3 amide bonds. The Bertz CT molecular complexity index is 796. The molecule has 0 atom stereocenters. The summed E-state index contributed by atoms with van der Waals surface area (Å²) in [6.07, 6.45) is 5.48. The van der Waals surface area contributed by atoms with Gasteiger partial charge < -0.3 is 19.6 Å². The number of hydrogen-bond donors (Lipinski definition) is 0. The van der Waals surface area contributed by atoms with Gasteiger partial charge in [-0.3, -0.25) is 14.4 Å². The van der Waals surface area contributed by atoms with Crippen molar-refractivity contribution in [3.63, 3.8) is 0 Å². The van der Waals surface area contributed by atoms with Crippen molar-refractivity contribution in [1.29, 1.82) is 0 Å². The maximum Gasteiger partial charge on any atom is 0.250 e. The van der Waals surface area contributed by atoms with E-state index in [2.05, 4.69) is 4.90 Å². The van der Waals surface area contributed by atoms with Crippen LogP contribution in [0.4, 0.5) is 5.69 Å². The highest BCUT2D eigenvalue weighted by molar-refractivity contribution is 5.96. The molecule has 0 bridgehead atoms. The zero-order valence-electron chi connectivity index (χ0n) is 18.0. The first-order valence-corrected chi connectivity index (χ1v) is 11.0. The topological polar surface area (TPSA) is 64.2 Å². The number of carbonyl (C=O) groups is 3. The fraction of sp³-hybridized carbons (Fsp3) is 0.609. The second-order valence-corrected chi connectivity index (χ2v) is 9.03. The summed E-state index contributed by atoms with van der Waals surface area (Å²) in [6, 6.07) is 9.94. The molecule has 3 fully saturated rings. The molecule has 3 aliphatic rings. The van der Waals surface area contributed by atoms with Crippen LogP contribution in [-0.2, 0) is 14.4 Å². The molecule has 1 aromatic rings.